The van der Waals surface area contributed by atoms with Gasteiger partial charge in [-0.1, -0.05) is 26.7 Å². The van der Waals surface area contributed by atoms with Crippen LogP contribution in [0.2, 0.25) is 0 Å². The van der Waals surface area contributed by atoms with E-state index >= 15 is 0 Å². The van der Waals surface area contributed by atoms with Crippen molar-refractivity contribution in [1.82, 2.24) is 5.06 Å². The zero-order chi connectivity index (χ0) is 12.8. The van der Waals surface area contributed by atoms with Gasteiger partial charge in [-0.05, 0) is 4.62 Å². The molecule has 0 aliphatic carbocycles. The zero-order valence-corrected chi connectivity index (χ0v) is 11.2. The Morgan fingerprint density at radius 3 is 1.81 bits per heavy atom. The molecule has 98 valence electrons. The first-order chi connectivity index (χ1) is 7.65. The van der Waals surface area contributed by atoms with Crippen LogP contribution in [0.15, 0.2) is 0 Å². The first kappa shape index (κ1) is 18.3. The first-order valence-corrected chi connectivity index (χ1v) is 6.41. The second-order valence-corrected chi connectivity index (χ2v) is 3.84. The number of hydrogen-bond donors (Lipinski definition) is 2. The van der Waals surface area contributed by atoms with Crippen molar-refractivity contribution in [2.45, 2.75) is 26.7 Å². The van der Waals surface area contributed by atoms with Gasteiger partial charge >= 0.3 is 8.25 Å². The minimum Gasteiger partial charge on any atom is -0.395 e. The van der Waals surface area contributed by atoms with Crippen molar-refractivity contribution in [3.63, 3.8) is 0 Å². The number of aliphatic hydroxyl groups is 2. The van der Waals surface area contributed by atoms with Crippen molar-refractivity contribution in [2.24, 2.45) is 0 Å². The van der Waals surface area contributed by atoms with Crippen LogP contribution >= 0.6 is 8.25 Å². The molecule has 0 heterocycles. The number of hydrogen-bond acceptors (Lipinski definition) is 6. The minimum absolute atomic E-state index is 0.132. The lowest BCUT2D eigenvalue weighted by Gasteiger charge is -2.10. The second-order valence-electron chi connectivity index (χ2n) is 2.86. The summed E-state index contributed by atoms with van der Waals surface area (Å²) < 4.78 is 19.7. The van der Waals surface area contributed by atoms with Crippen molar-refractivity contribution in [2.75, 3.05) is 33.4 Å². The fourth-order valence-electron chi connectivity index (χ4n) is 0.544. The maximum absolute atomic E-state index is 10.7. The van der Waals surface area contributed by atoms with Crippen molar-refractivity contribution in [3.05, 3.63) is 0 Å². The maximum Gasteiger partial charge on any atom is 0.716 e. The Balaban J connectivity index is 0. The number of hydroxylamine groups is 2. The molecule has 7 heteroatoms. The summed E-state index contributed by atoms with van der Waals surface area (Å²) in [5.41, 5.74) is 0. The highest BCUT2D eigenvalue weighted by molar-refractivity contribution is 7.33. The highest BCUT2D eigenvalue weighted by atomic mass is 31.1. The van der Waals surface area contributed by atoms with Gasteiger partial charge in [-0.15, -0.1) is 9.59 Å². The number of unbranched alkanes of at least 4 members (excludes halogenated alkanes) is 1. The summed E-state index contributed by atoms with van der Waals surface area (Å²) in [7, 11) is -0.942. The molecule has 0 aliphatic rings. The molecule has 1 atom stereocenters. The molecule has 0 saturated carbocycles. The monoisotopic (exact) mass is 256 g/mol. The lowest BCUT2D eigenvalue weighted by molar-refractivity contribution is -0.0787. The van der Waals surface area contributed by atoms with Crippen molar-refractivity contribution in [3.8, 4) is 0 Å². The Morgan fingerprint density at radius 1 is 1.12 bits per heavy atom. The normalized spacial score (nSPS) is 11.0. The molecule has 2 N–H and O–H groups in total. The van der Waals surface area contributed by atoms with Crippen molar-refractivity contribution >= 4 is 8.25 Å². The van der Waals surface area contributed by atoms with E-state index in [-0.39, 0.29) is 26.3 Å². The van der Waals surface area contributed by atoms with Crippen LogP contribution in [0.1, 0.15) is 26.7 Å². The van der Waals surface area contributed by atoms with E-state index in [1.165, 1.54) is 25.0 Å². The largest absolute Gasteiger partial charge is 0.716 e. The van der Waals surface area contributed by atoms with Crippen molar-refractivity contribution < 1.29 is 23.9 Å². The molecule has 6 nitrogen and oxygen atoms in total. The highest BCUT2D eigenvalue weighted by Crippen LogP contribution is 2.23. The van der Waals surface area contributed by atoms with Crippen LogP contribution in [-0.4, -0.2) is 48.7 Å². The Hall–Kier alpha value is -0.100. The minimum atomic E-state index is -2.19. The Kier molecular flexibility index (Phi) is 17.0. The third-order valence-corrected chi connectivity index (χ3v) is 2.19. The quantitative estimate of drug-likeness (QED) is 0.503. The van der Waals surface area contributed by atoms with Gasteiger partial charge in [-0.3, -0.25) is 0 Å². The SMILES string of the molecule is CCCC.CO[P+](=O)ON(CCO)CCO. The summed E-state index contributed by atoms with van der Waals surface area (Å²) in [4.78, 5) is 0. The van der Waals surface area contributed by atoms with Crippen LogP contribution in [0.25, 0.3) is 0 Å². The molecule has 0 radical (unpaired) electrons. The molecule has 0 spiro atoms. The topological polar surface area (TPSA) is 79.2 Å². The zero-order valence-electron chi connectivity index (χ0n) is 10.3. The molecule has 0 fully saturated rings. The Bertz CT molecular complexity index is 151. The molecule has 1 unspecified atom stereocenters. The third-order valence-electron chi connectivity index (χ3n) is 1.53. The van der Waals surface area contributed by atoms with E-state index in [0.717, 1.165) is 0 Å². The van der Waals surface area contributed by atoms with Crippen LogP contribution in [0, 0.1) is 0 Å². The van der Waals surface area contributed by atoms with Crippen LogP contribution in [-0.2, 0) is 13.7 Å². The predicted molar refractivity (Wildman–Crippen MR) is 62.0 cm³/mol. The van der Waals surface area contributed by atoms with Gasteiger partial charge in [0, 0.05) is 4.57 Å². The standard InChI is InChI=1S/C5H13NO5P.C4H10/c1-10-12(9)11-6(2-4-7)3-5-8;1-3-4-2/h7-8H,2-5H2,1H3;3-4H2,1-2H3/q+1;. The van der Waals surface area contributed by atoms with E-state index in [9.17, 15) is 4.57 Å². The Labute approximate surface area is 98.1 Å². The van der Waals surface area contributed by atoms with Gasteiger partial charge in [0.25, 0.3) is 0 Å². The molecule has 0 amide bonds. The first-order valence-electron chi connectivity index (χ1n) is 5.32. The van der Waals surface area contributed by atoms with Gasteiger partial charge in [0.15, 0.2) is 0 Å². The second kappa shape index (κ2) is 14.9. The summed E-state index contributed by atoms with van der Waals surface area (Å²) in [5, 5.41) is 18.2. The van der Waals surface area contributed by atoms with E-state index in [1.54, 1.807) is 0 Å². The van der Waals surface area contributed by atoms with Gasteiger partial charge in [0.2, 0.25) is 0 Å². The van der Waals surface area contributed by atoms with Gasteiger partial charge in [0.1, 0.15) is 0 Å². The lowest BCUT2D eigenvalue weighted by atomic mass is 10.4. The van der Waals surface area contributed by atoms with Crippen LogP contribution in [0.5, 0.6) is 0 Å². The molecule has 0 aromatic heterocycles. The van der Waals surface area contributed by atoms with Gasteiger partial charge in [-0.25, -0.2) is 0 Å². The van der Waals surface area contributed by atoms with E-state index in [4.69, 9.17) is 10.2 Å². The molecular formula is C9H23NO5P+. The van der Waals surface area contributed by atoms with Gasteiger partial charge in [0.05, 0.1) is 33.4 Å². The fourth-order valence-corrected chi connectivity index (χ4v) is 0.963. The molecule has 0 aromatic rings. The van der Waals surface area contributed by atoms with E-state index in [1.807, 2.05) is 0 Å². The summed E-state index contributed by atoms with van der Waals surface area (Å²) in [6.07, 6.45) is 2.64. The number of rotatable bonds is 8. The summed E-state index contributed by atoms with van der Waals surface area (Å²) in [5.74, 6) is 0. The third kappa shape index (κ3) is 13.9. The van der Waals surface area contributed by atoms with Crippen molar-refractivity contribution in [1.29, 1.82) is 0 Å². The fraction of sp³-hybridized carbons (Fsp3) is 1.00. The molecular weight excluding hydrogens is 233 g/mol. The smallest absolute Gasteiger partial charge is 0.395 e. The maximum atomic E-state index is 10.7. The Morgan fingerprint density at radius 2 is 1.56 bits per heavy atom. The summed E-state index contributed by atoms with van der Waals surface area (Å²) in [6, 6.07) is 0. The van der Waals surface area contributed by atoms with Gasteiger partial charge in [-0.2, -0.15) is 0 Å². The van der Waals surface area contributed by atoms with Gasteiger partial charge < -0.3 is 10.2 Å². The average Bonchev–Trinajstić information content (AvgIpc) is 2.30. The van der Waals surface area contributed by atoms with Crippen LogP contribution < -0.4 is 0 Å². The molecule has 0 bridgehead atoms. The number of aliphatic hydroxyl groups excluding tert-OH is 2. The number of nitrogens with zero attached hydrogens (tertiary/aromatic N) is 1. The predicted octanol–water partition coefficient (Wildman–Crippen LogP) is 1.31. The average molecular weight is 256 g/mol. The van der Waals surface area contributed by atoms with E-state index in [0.29, 0.717) is 0 Å². The van der Waals surface area contributed by atoms with Crippen LogP contribution in [0.4, 0.5) is 0 Å². The lowest BCUT2D eigenvalue weighted by Crippen LogP contribution is -2.27. The molecule has 0 aromatic carbocycles. The molecule has 0 saturated heterocycles. The van der Waals surface area contributed by atoms with Crippen LogP contribution in [0.3, 0.4) is 0 Å². The highest BCUT2D eigenvalue weighted by Gasteiger charge is 2.23. The van der Waals surface area contributed by atoms with E-state index in [2.05, 4.69) is 23.0 Å². The molecule has 0 aliphatic heterocycles. The van der Waals surface area contributed by atoms with E-state index < -0.39 is 8.25 Å². The molecule has 0 rings (SSSR count). The molecule has 16 heavy (non-hydrogen) atoms. The summed E-state index contributed by atoms with van der Waals surface area (Å²) >= 11 is 0. The summed E-state index contributed by atoms with van der Waals surface area (Å²) in [6.45, 7) is 4.47.